The molecule has 0 saturated carbocycles. The summed E-state index contributed by atoms with van der Waals surface area (Å²) in [5.41, 5.74) is 5.28. The number of imide groups is 1. The van der Waals surface area contributed by atoms with E-state index in [0.717, 1.165) is 22.9 Å². The normalized spacial score (nSPS) is 14.6. The van der Waals surface area contributed by atoms with E-state index in [9.17, 15) is 19.5 Å². The number of aryl methyl sites for hydroxylation is 3. The molecule has 0 aliphatic carbocycles. The number of amides is 2. The third kappa shape index (κ3) is 4.81. The number of carbonyl (C=O) groups excluding carboxylic acids is 2. The molecule has 9 nitrogen and oxygen atoms in total. The van der Waals surface area contributed by atoms with Crippen LogP contribution in [0, 0.1) is 20.8 Å². The molecule has 0 atom stereocenters. The topological polar surface area (TPSA) is 129 Å². The van der Waals surface area contributed by atoms with Crippen LogP contribution in [0.25, 0.3) is 22.9 Å². The van der Waals surface area contributed by atoms with Crippen LogP contribution in [0.2, 0.25) is 0 Å². The summed E-state index contributed by atoms with van der Waals surface area (Å²) in [7, 11) is 0. The van der Waals surface area contributed by atoms with Crippen LogP contribution in [0.15, 0.2) is 80.6 Å². The van der Waals surface area contributed by atoms with Gasteiger partial charge >= 0.3 is 0 Å². The van der Waals surface area contributed by atoms with E-state index in [2.05, 4.69) is 20.6 Å². The van der Waals surface area contributed by atoms with Gasteiger partial charge in [-0.15, -0.1) is 10.2 Å². The molecule has 2 heterocycles. The molecule has 4 aromatic rings. The van der Waals surface area contributed by atoms with Crippen molar-refractivity contribution in [1.82, 2.24) is 15.1 Å². The monoisotopic (exact) mass is 525 g/mol. The minimum atomic E-state index is -0.438. The highest BCUT2D eigenvalue weighted by molar-refractivity contribution is 8.18. The second-order valence-corrected chi connectivity index (χ2v) is 9.86. The zero-order valence-electron chi connectivity index (χ0n) is 20.8. The van der Waals surface area contributed by atoms with Crippen LogP contribution in [-0.4, -0.2) is 26.0 Å². The molecular formula is C28H23N5O4S. The average Bonchev–Trinajstić information content (AvgIpc) is 3.36. The quantitative estimate of drug-likeness (QED) is 0.211. The molecule has 190 valence electrons. The fourth-order valence-corrected chi connectivity index (χ4v) is 4.70. The van der Waals surface area contributed by atoms with Gasteiger partial charge in [0.25, 0.3) is 16.7 Å². The summed E-state index contributed by atoms with van der Waals surface area (Å²) in [4.78, 5) is 36.7. The molecule has 38 heavy (non-hydrogen) atoms. The van der Waals surface area contributed by atoms with Gasteiger partial charge in [0.05, 0.1) is 16.3 Å². The zero-order valence-corrected chi connectivity index (χ0v) is 21.6. The molecule has 0 unspecified atom stereocenters. The van der Waals surface area contributed by atoms with Crippen LogP contribution in [0.4, 0.5) is 16.2 Å². The summed E-state index contributed by atoms with van der Waals surface area (Å²) in [5, 5.41) is 24.2. The van der Waals surface area contributed by atoms with E-state index >= 15 is 0 Å². The number of hydrogen-bond donors (Lipinski definition) is 3. The van der Waals surface area contributed by atoms with Crippen molar-refractivity contribution in [2.45, 2.75) is 20.8 Å². The minimum Gasteiger partial charge on any atom is -0.505 e. The first-order valence-corrected chi connectivity index (χ1v) is 12.5. The van der Waals surface area contributed by atoms with Crippen LogP contribution >= 0.6 is 11.8 Å². The second-order valence-electron chi connectivity index (χ2n) is 8.85. The lowest BCUT2D eigenvalue weighted by atomic mass is 10.0. The lowest BCUT2D eigenvalue weighted by Crippen LogP contribution is -2.17. The van der Waals surface area contributed by atoms with Crippen molar-refractivity contribution in [2.75, 3.05) is 0 Å². The standard InChI is InChI=1S/C28H23N5O4S/c1-15-10-11-20(12-16(15)2)33-27(36)24(17(3)32-33)31-30-22-9-5-8-21(25(22)34)19-7-4-6-18(13-19)14-23-26(35)29-28(37)38-23/h4-14,32,34H,1-3H3,(H,29,35,37)/b23-14+,31-30?. The molecule has 3 N–H and O–H groups in total. The van der Waals surface area contributed by atoms with E-state index in [4.69, 9.17) is 0 Å². The lowest BCUT2D eigenvalue weighted by molar-refractivity contribution is -0.115. The Hall–Kier alpha value is -4.70. The minimum absolute atomic E-state index is 0.105. The first-order chi connectivity index (χ1) is 18.2. The van der Waals surface area contributed by atoms with Crippen molar-refractivity contribution in [3.05, 3.63) is 98.3 Å². The number of phenolic OH excluding ortho intramolecular Hbond substituents is 1. The van der Waals surface area contributed by atoms with Crippen molar-refractivity contribution < 1.29 is 14.7 Å². The Kier molecular flexibility index (Phi) is 6.56. The van der Waals surface area contributed by atoms with E-state index in [-0.39, 0.29) is 22.7 Å². The number of thioether (sulfide) groups is 1. The van der Waals surface area contributed by atoms with Gasteiger partial charge in [0.1, 0.15) is 5.69 Å². The van der Waals surface area contributed by atoms with E-state index < -0.39 is 11.1 Å². The molecule has 1 aliphatic heterocycles. The maximum Gasteiger partial charge on any atom is 0.299 e. The third-order valence-electron chi connectivity index (χ3n) is 6.20. The molecule has 0 bridgehead atoms. The Labute approximate surface area is 221 Å². The number of carbonyl (C=O) groups is 2. The number of nitrogens with zero attached hydrogens (tertiary/aromatic N) is 3. The summed E-state index contributed by atoms with van der Waals surface area (Å²) in [6, 6.07) is 18.0. The predicted octanol–water partition coefficient (Wildman–Crippen LogP) is 6.20. The maximum atomic E-state index is 13.1. The number of aromatic nitrogens is 2. The van der Waals surface area contributed by atoms with Crippen LogP contribution in [0.1, 0.15) is 22.4 Å². The number of aromatic amines is 1. The Bertz CT molecular complexity index is 1730. The molecule has 1 aromatic heterocycles. The summed E-state index contributed by atoms with van der Waals surface area (Å²) in [6.07, 6.45) is 1.62. The molecule has 5 rings (SSSR count). The van der Waals surface area contributed by atoms with Gasteiger partial charge in [-0.2, -0.15) is 0 Å². The van der Waals surface area contributed by atoms with Gasteiger partial charge in [-0.05, 0) is 85.1 Å². The number of aromatic hydroxyl groups is 1. The highest BCUT2D eigenvalue weighted by Crippen LogP contribution is 2.38. The Balaban J connectivity index is 1.46. The highest BCUT2D eigenvalue weighted by atomic mass is 32.2. The van der Waals surface area contributed by atoms with E-state index in [1.165, 1.54) is 4.68 Å². The van der Waals surface area contributed by atoms with Gasteiger partial charge in [-0.1, -0.05) is 36.4 Å². The van der Waals surface area contributed by atoms with E-state index in [0.29, 0.717) is 33.0 Å². The molecule has 0 radical (unpaired) electrons. The Morgan fingerprint density at radius 3 is 2.45 bits per heavy atom. The van der Waals surface area contributed by atoms with Crippen LogP contribution in [0.5, 0.6) is 5.75 Å². The van der Waals surface area contributed by atoms with E-state index in [1.54, 1.807) is 49.4 Å². The van der Waals surface area contributed by atoms with Crippen molar-refractivity contribution >= 4 is 40.4 Å². The SMILES string of the molecule is Cc1ccc(-n2[nH]c(C)c(N=Nc3cccc(-c4cccc(/C=C5/SC(=O)NC5=O)c4)c3O)c2=O)cc1C. The summed E-state index contributed by atoms with van der Waals surface area (Å²) >= 11 is 0.839. The molecule has 1 saturated heterocycles. The van der Waals surface area contributed by atoms with Gasteiger partial charge < -0.3 is 5.11 Å². The highest BCUT2D eigenvalue weighted by Gasteiger charge is 2.25. The summed E-state index contributed by atoms with van der Waals surface area (Å²) < 4.78 is 1.42. The number of nitrogens with one attached hydrogen (secondary N) is 2. The summed E-state index contributed by atoms with van der Waals surface area (Å²) in [5.74, 6) is -0.542. The Morgan fingerprint density at radius 2 is 1.71 bits per heavy atom. The van der Waals surface area contributed by atoms with E-state index in [1.807, 2.05) is 38.1 Å². The van der Waals surface area contributed by atoms with Crippen molar-refractivity contribution in [3.63, 3.8) is 0 Å². The summed E-state index contributed by atoms with van der Waals surface area (Å²) in [6.45, 7) is 5.72. The smallest absolute Gasteiger partial charge is 0.299 e. The number of rotatable bonds is 5. The zero-order chi connectivity index (χ0) is 27.0. The van der Waals surface area contributed by atoms with Crippen LogP contribution < -0.4 is 10.9 Å². The molecule has 0 spiro atoms. The first kappa shape index (κ1) is 25.0. The lowest BCUT2D eigenvalue weighted by Gasteiger charge is -2.08. The fraction of sp³-hybridized carbons (Fsp3) is 0.107. The van der Waals surface area contributed by atoms with Crippen molar-refractivity contribution in [2.24, 2.45) is 10.2 Å². The number of benzene rings is 3. The average molecular weight is 526 g/mol. The largest absolute Gasteiger partial charge is 0.505 e. The van der Waals surface area contributed by atoms with Crippen LogP contribution in [0.3, 0.4) is 0 Å². The van der Waals surface area contributed by atoms with Gasteiger partial charge in [-0.25, -0.2) is 4.68 Å². The molecule has 10 heteroatoms. The van der Waals surface area contributed by atoms with Gasteiger partial charge in [-0.3, -0.25) is 24.8 Å². The van der Waals surface area contributed by atoms with Gasteiger partial charge in [0.2, 0.25) is 0 Å². The maximum absolute atomic E-state index is 13.1. The van der Waals surface area contributed by atoms with Crippen molar-refractivity contribution in [1.29, 1.82) is 0 Å². The molecule has 1 fully saturated rings. The number of phenols is 1. The molecule has 1 aliphatic rings. The predicted molar refractivity (Wildman–Crippen MR) is 147 cm³/mol. The number of azo groups is 1. The molecule has 3 aromatic carbocycles. The van der Waals surface area contributed by atoms with Gasteiger partial charge in [0.15, 0.2) is 11.4 Å². The third-order valence-corrected chi connectivity index (χ3v) is 7.01. The number of hydrogen-bond acceptors (Lipinski definition) is 7. The Morgan fingerprint density at radius 1 is 0.921 bits per heavy atom. The fourth-order valence-electron chi connectivity index (χ4n) is 4.02. The number of para-hydroxylation sites is 1. The van der Waals surface area contributed by atoms with Crippen LogP contribution in [-0.2, 0) is 4.79 Å². The number of H-pyrrole nitrogens is 1. The molecule has 2 amide bonds. The molecular weight excluding hydrogens is 502 g/mol. The van der Waals surface area contributed by atoms with Crippen molar-refractivity contribution in [3.8, 4) is 22.6 Å². The van der Waals surface area contributed by atoms with Gasteiger partial charge in [0, 0.05) is 5.56 Å². The first-order valence-electron chi connectivity index (χ1n) is 11.7. The second kappa shape index (κ2) is 9.98.